The Bertz CT molecular complexity index is 1410. The predicted octanol–water partition coefficient (Wildman–Crippen LogP) is 11.2. The van der Waals surface area contributed by atoms with E-state index in [9.17, 15) is 0 Å². The molecule has 0 radical (unpaired) electrons. The third kappa shape index (κ3) is 5.35. The van der Waals surface area contributed by atoms with Crippen molar-refractivity contribution in [1.29, 1.82) is 0 Å². The van der Waals surface area contributed by atoms with E-state index in [0.717, 1.165) is 34.1 Å². The zero-order chi connectivity index (χ0) is 28.6. The normalized spacial score (nSPS) is 11.0. The Kier molecular flexibility index (Phi) is 8.47. The minimum absolute atomic E-state index is 1.04. The van der Waals surface area contributed by atoms with E-state index in [4.69, 9.17) is 4.52 Å². The van der Waals surface area contributed by atoms with Crippen LogP contribution in [-0.2, 0) is 0 Å². The van der Waals surface area contributed by atoms with Crippen LogP contribution in [0.5, 0.6) is 0 Å². The molecule has 206 valence electrons. The van der Waals surface area contributed by atoms with Gasteiger partial charge in [-0.25, -0.2) is 4.52 Å². The summed E-state index contributed by atoms with van der Waals surface area (Å²) in [5.41, 5.74) is 6.23. The summed E-state index contributed by atoms with van der Waals surface area (Å²) in [6.45, 7) is 0. The third-order valence-corrected chi connectivity index (χ3v) is 11.2. The molecule has 0 fully saturated rings. The van der Waals surface area contributed by atoms with Gasteiger partial charge in [0, 0.05) is 34.1 Å². The molecule has 0 aliphatic rings. The summed E-state index contributed by atoms with van der Waals surface area (Å²) in [6, 6.07) is 63.4. The molecule has 0 amide bonds. The van der Waals surface area contributed by atoms with Gasteiger partial charge < -0.3 is 0 Å². The van der Waals surface area contributed by atoms with E-state index < -0.39 is 7.51 Å². The van der Waals surface area contributed by atoms with Crippen LogP contribution in [0, 0.1) is 0 Å². The van der Waals surface area contributed by atoms with Gasteiger partial charge in [-0.1, -0.05) is 109 Å². The quantitative estimate of drug-likeness (QED) is 0.158. The summed E-state index contributed by atoms with van der Waals surface area (Å²) in [6.07, 6.45) is 0. The number of nitrogens with zero attached hydrogens (tertiary/aromatic N) is 4. The molecule has 1 unspecified atom stereocenters. The molecule has 0 saturated carbocycles. The highest BCUT2D eigenvalue weighted by Crippen LogP contribution is 2.71. The molecular formula is C36H32N4P2. The van der Waals surface area contributed by atoms with E-state index in [1.165, 1.54) is 0 Å². The third-order valence-electron chi connectivity index (χ3n) is 6.96. The molecule has 42 heavy (non-hydrogen) atoms. The topological polar surface area (TPSA) is 22.1 Å². The second-order valence-corrected chi connectivity index (χ2v) is 12.8. The molecule has 0 saturated heterocycles. The van der Waals surface area contributed by atoms with Crippen LogP contribution in [0.4, 0.5) is 34.1 Å². The van der Waals surface area contributed by atoms with Crippen LogP contribution in [0.1, 0.15) is 0 Å². The first kappa shape index (κ1) is 27.5. The molecule has 0 bridgehead atoms. The second-order valence-electron chi connectivity index (χ2n) is 9.60. The molecule has 0 spiro atoms. The average Bonchev–Trinajstić information content (AvgIpc) is 3.08. The van der Waals surface area contributed by atoms with E-state index >= 15 is 0 Å². The van der Waals surface area contributed by atoms with Crippen LogP contribution in [0.3, 0.4) is 0 Å². The maximum atomic E-state index is 5.48. The highest BCUT2D eigenvalue weighted by molar-refractivity contribution is 7.74. The van der Waals surface area contributed by atoms with Crippen molar-refractivity contribution in [2.24, 2.45) is 4.52 Å². The van der Waals surface area contributed by atoms with Gasteiger partial charge in [-0.2, -0.15) is 0 Å². The van der Waals surface area contributed by atoms with E-state index in [-0.39, 0.29) is 0 Å². The molecule has 0 aromatic heterocycles. The predicted molar refractivity (Wildman–Crippen MR) is 184 cm³/mol. The van der Waals surface area contributed by atoms with Gasteiger partial charge >= 0.3 is 0 Å². The largest absolute Gasteiger partial charge is 0.274 e. The van der Waals surface area contributed by atoms with E-state index in [1.807, 2.05) is 0 Å². The van der Waals surface area contributed by atoms with Crippen LogP contribution in [0.2, 0.25) is 0 Å². The van der Waals surface area contributed by atoms with Gasteiger partial charge in [0.1, 0.15) is 0 Å². The summed E-state index contributed by atoms with van der Waals surface area (Å²) in [5, 5.41) is 0. The second kappa shape index (κ2) is 12.9. The van der Waals surface area contributed by atoms with Crippen LogP contribution >= 0.6 is 16.9 Å². The lowest BCUT2D eigenvalue weighted by Crippen LogP contribution is -2.35. The van der Waals surface area contributed by atoms with Crippen molar-refractivity contribution in [3.8, 4) is 0 Å². The summed E-state index contributed by atoms with van der Waals surface area (Å²) < 4.78 is 12.7. The molecule has 6 rings (SSSR count). The molecule has 6 aromatic carbocycles. The molecule has 0 aliphatic carbocycles. The van der Waals surface area contributed by atoms with Crippen molar-refractivity contribution in [2.45, 2.75) is 0 Å². The summed E-state index contributed by atoms with van der Waals surface area (Å²) in [7, 11) is -0.268. The van der Waals surface area contributed by atoms with Gasteiger partial charge in [0.15, 0.2) is 0 Å². The SMILES string of the molecule is PN=P(N(c1ccccc1)c1ccccc1)(N(c1ccccc1)c1ccccc1)N(c1ccccc1)c1ccccc1. The Hall–Kier alpha value is -4.62. The first-order chi connectivity index (χ1) is 20.8. The zero-order valence-corrected chi connectivity index (χ0v) is 25.2. The lowest BCUT2D eigenvalue weighted by Gasteiger charge is -2.51. The fraction of sp³-hybridized carbons (Fsp3) is 0. The van der Waals surface area contributed by atoms with Gasteiger partial charge in [-0.15, -0.1) is 0 Å². The molecule has 6 heteroatoms. The molecule has 1 atom stereocenters. The van der Waals surface area contributed by atoms with Crippen molar-refractivity contribution in [3.63, 3.8) is 0 Å². The Morgan fingerprint density at radius 2 is 0.476 bits per heavy atom. The monoisotopic (exact) mass is 582 g/mol. The fourth-order valence-electron chi connectivity index (χ4n) is 5.22. The summed E-state index contributed by atoms with van der Waals surface area (Å²) in [4.78, 5) is 0. The van der Waals surface area contributed by atoms with Crippen molar-refractivity contribution in [2.75, 3.05) is 14.0 Å². The molecule has 0 N–H and O–H groups in total. The van der Waals surface area contributed by atoms with Gasteiger partial charge in [0.25, 0.3) is 7.51 Å². The molecule has 0 aliphatic heterocycles. The van der Waals surface area contributed by atoms with E-state index in [2.05, 4.69) is 205 Å². The zero-order valence-electron chi connectivity index (χ0n) is 23.1. The first-order valence-corrected chi connectivity index (χ1v) is 16.0. The summed E-state index contributed by atoms with van der Waals surface area (Å²) in [5.74, 6) is 0. The lowest BCUT2D eigenvalue weighted by molar-refractivity contribution is 1.25. The molecular weight excluding hydrogens is 550 g/mol. The van der Waals surface area contributed by atoms with Crippen LogP contribution < -0.4 is 14.0 Å². The Balaban J connectivity index is 1.80. The number of hydrogen-bond donors (Lipinski definition) is 0. The van der Waals surface area contributed by atoms with E-state index in [0.29, 0.717) is 0 Å². The maximum Gasteiger partial charge on any atom is 0.260 e. The minimum Gasteiger partial charge on any atom is -0.274 e. The number of rotatable bonds is 9. The van der Waals surface area contributed by atoms with Crippen molar-refractivity contribution >= 4 is 51.0 Å². The highest BCUT2D eigenvalue weighted by atomic mass is 31.2. The molecule has 4 nitrogen and oxygen atoms in total. The minimum atomic E-state index is -3.05. The lowest BCUT2D eigenvalue weighted by atomic mass is 10.2. The standard InChI is InChI=1S/C36H32N4P2/c41-37-42(38(31-19-7-1-8-20-31)32-21-9-2-10-22-32,39(33-23-11-3-12-24-33)34-25-13-4-14-26-34)40(35-27-15-5-16-28-35)36-29-17-6-18-30-36/h1-30H,41H2. The maximum absolute atomic E-state index is 5.48. The molecule has 0 heterocycles. The van der Waals surface area contributed by atoms with Crippen molar-refractivity contribution in [3.05, 3.63) is 182 Å². The van der Waals surface area contributed by atoms with Crippen LogP contribution in [-0.4, -0.2) is 0 Å². The van der Waals surface area contributed by atoms with Gasteiger partial charge in [-0.05, 0) is 82.2 Å². The van der Waals surface area contributed by atoms with Crippen LogP contribution in [0.25, 0.3) is 0 Å². The Labute approximate surface area is 251 Å². The first-order valence-electron chi connectivity index (χ1n) is 13.9. The van der Waals surface area contributed by atoms with E-state index in [1.54, 1.807) is 0 Å². The van der Waals surface area contributed by atoms with Gasteiger partial charge in [0.2, 0.25) is 0 Å². The number of hydrogen-bond acceptors (Lipinski definition) is 1. The highest BCUT2D eigenvalue weighted by Gasteiger charge is 2.44. The Morgan fingerprint density at radius 1 is 0.310 bits per heavy atom. The fourth-order valence-corrected chi connectivity index (χ4v) is 9.65. The van der Waals surface area contributed by atoms with Gasteiger partial charge in [0.05, 0.1) is 0 Å². The van der Waals surface area contributed by atoms with Crippen molar-refractivity contribution < 1.29 is 0 Å². The van der Waals surface area contributed by atoms with Crippen LogP contribution in [0.15, 0.2) is 187 Å². The number of para-hydroxylation sites is 6. The number of benzene rings is 6. The molecule has 6 aromatic rings. The average molecular weight is 583 g/mol. The van der Waals surface area contributed by atoms with Gasteiger partial charge in [-0.3, -0.25) is 14.0 Å². The van der Waals surface area contributed by atoms with Crippen molar-refractivity contribution in [1.82, 2.24) is 0 Å². The smallest absolute Gasteiger partial charge is 0.260 e. The number of anilines is 6. The Morgan fingerprint density at radius 3 is 0.619 bits per heavy atom. The summed E-state index contributed by atoms with van der Waals surface area (Å²) >= 11 is 0.